The van der Waals surface area contributed by atoms with Crippen LogP contribution in [0.25, 0.3) is 0 Å². The molecule has 1 heterocycles. The maximum atomic E-state index is 12.6. The van der Waals surface area contributed by atoms with Gasteiger partial charge in [0, 0.05) is 49.7 Å². The van der Waals surface area contributed by atoms with Gasteiger partial charge in [0.1, 0.15) is 0 Å². The van der Waals surface area contributed by atoms with Crippen LogP contribution in [0, 0.1) is 0 Å². The van der Waals surface area contributed by atoms with E-state index in [1.165, 1.54) is 11.3 Å². The number of likely N-dealkylation sites (tertiary alicyclic amines) is 1. The molecule has 30 heavy (non-hydrogen) atoms. The van der Waals surface area contributed by atoms with Gasteiger partial charge in [-0.1, -0.05) is 6.07 Å². The molecular weight excluding hydrogens is 380 g/mol. The fourth-order valence-corrected chi connectivity index (χ4v) is 3.39. The average molecular weight is 409 g/mol. The zero-order valence-electron chi connectivity index (χ0n) is 17.5. The van der Waals surface area contributed by atoms with Crippen LogP contribution >= 0.6 is 0 Å². The molecule has 158 valence electrons. The van der Waals surface area contributed by atoms with Crippen molar-refractivity contribution in [1.82, 2.24) is 9.80 Å². The van der Waals surface area contributed by atoms with Gasteiger partial charge in [0.15, 0.2) is 0 Å². The number of carbonyl (C=O) groups excluding carboxylic acids is 3. The Kier molecular flexibility index (Phi) is 7.06. The fraction of sp³-hybridized carbons (Fsp3) is 0.348. The first kappa shape index (κ1) is 21.4. The first-order valence-electron chi connectivity index (χ1n) is 10.2. The number of anilines is 2. The van der Waals surface area contributed by atoms with E-state index in [9.17, 15) is 14.4 Å². The summed E-state index contributed by atoms with van der Waals surface area (Å²) in [5, 5.41) is 5.86. The number of hydrogen-bond acceptors (Lipinski definition) is 4. The molecule has 0 spiro atoms. The number of benzene rings is 2. The number of nitrogens with one attached hydrogen (secondary N) is 2. The van der Waals surface area contributed by atoms with Crippen LogP contribution in [-0.4, -0.2) is 61.3 Å². The van der Waals surface area contributed by atoms with E-state index in [4.69, 9.17) is 0 Å². The number of carbonyl (C=O) groups is 3. The normalized spacial score (nSPS) is 13.5. The van der Waals surface area contributed by atoms with Gasteiger partial charge < -0.3 is 20.4 Å². The number of amides is 3. The Labute approximate surface area is 177 Å². The smallest absolute Gasteiger partial charge is 0.253 e. The Hall–Kier alpha value is -3.35. The number of rotatable bonds is 6. The largest absolute Gasteiger partial charge is 0.376 e. The van der Waals surface area contributed by atoms with Crippen LogP contribution in [0.4, 0.5) is 11.4 Å². The van der Waals surface area contributed by atoms with E-state index in [0.717, 1.165) is 31.6 Å². The highest BCUT2D eigenvalue weighted by Gasteiger charge is 2.18. The summed E-state index contributed by atoms with van der Waals surface area (Å²) in [4.78, 5) is 40.2. The van der Waals surface area contributed by atoms with Crippen molar-refractivity contribution in [2.75, 3.05) is 44.4 Å². The van der Waals surface area contributed by atoms with Crippen LogP contribution in [0.3, 0.4) is 0 Å². The molecule has 0 unspecified atom stereocenters. The first-order valence-corrected chi connectivity index (χ1v) is 10.2. The van der Waals surface area contributed by atoms with E-state index in [2.05, 4.69) is 10.6 Å². The maximum absolute atomic E-state index is 12.6. The van der Waals surface area contributed by atoms with Gasteiger partial charge in [0.25, 0.3) is 11.8 Å². The van der Waals surface area contributed by atoms with E-state index < -0.39 is 0 Å². The molecule has 1 fully saturated rings. The summed E-state index contributed by atoms with van der Waals surface area (Å²) in [6.07, 6.45) is 3.25. The van der Waals surface area contributed by atoms with Crippen molar-refractivity contribution in [3.05, 3.63) is 59.7 Å². The molecule has 1 aliphatic heterocycles. The minimum absolute atomic E-state index is 0.0104. The van der Waals surface area contributed by atoms with E-state index in [0.29, 0.717) is 16.8 Å². The first-order chi connectivity index (χ1) is 14.4. The molecule has 0 bridgehead atoms. The van der Waals surface area contributed by atoms with Gasteiger partial charge in [-0.25, -0.2) is 0 Å². The zero-order valence-corrected chi connectivity index (χ0v) is 17.5. The third kappa shape index (κ3) is 5.59. The molecule has 0 atom stereocenters. The minimum atomic E-state index is -0.217. The van der Waals surface area contributed by atoms with Crippen molar-refractivity contribution < 1.29 is 14.4 Å². The predicted octanol–water partition coefficient (Wildman–Crippen LogP) is 3.07. The highest BCUT2D eigenvalue weighted by Crippen LogP contribution is 2.17. The fourth-order valence-electron chi connectivity index (χ4n) is 3.39. The van der Waals surface area contributed by atoms with Gasteiger partial charge in [-0.05, 0) is 61.7 Å². The lowest BCUT2D eigenvalue weighted by Crippen LogP contribution is -2.35. The van der Waals surface area contributed by atoms with Gasteiger partial charge in [-0.15, -0.1) is 0 Å². The molecule has 3 rings (SSSR count). The van der Waals surface area contributed by atoms with Crippen molar-refractivity contribution in [1.29, 1.82) is 0 Å². The summed E-state index contributed by atoms with van der Waals surface area (Å²) < 4.78 is 0. The summed E-state index contributed by atoms with van der Waals surface area (Å²) >= 11 is 0. The second-order valence-corrected chi connectivity index (χ2v) is 7.61. The molecule has 1 aliphatic rings. The number of hydrogen-bond donors (Lipinski definition) is 2. The molecule has 7 nitrogen and oxygen atoms in total. The van der Waals surface area contributed by atoms with Crippen LogP contribution in [0.2, 0.25) is 0 Å². The Morgan fingerprint density at radius 1 is 0.900 bits per heavy atom. The molecule has 1 saturated heterocycles. The molecule has 0 saturated carbocycles. The second-order valence-electron chi connectivity index (χ2n) is 7.61. The van der Waals surface area contributed by atoms with Crippen LogP contribution in [-0.2, 0) is 4.79 Å². The summed E-state index contributed by atoms with van der Waals surface area (Å²) in [5.41, 5.74) is 2.51. The number of piperidine rings is 1. The molecule has 3 amide bonds. The van der Waals surface area contributed by atoms with E-state index in [-0.39, 0.29) is 24.3 Å². The second kappa shape index (κ2) is 9.91. The van der Waals surface area contributed by atoms with Gasteiger partial charge in [0.05, 0.1) is 6.54 Å². The van der Waals surface area contributed by atoms with Crippen LogP contribution in [0.15, 0.2) is 48.5 Å². The van der Waals surface area contributed by atoms with E-state index >= 15 is 0 Å². The molecule has 2 aromatic carbocycles. The van der Waals surface area contributed by atoms with Crippen LogP contribution < -0.4 is 10.6 Å². The Morgan fingerprint density at radius 3 is 2.27 bits per heavy atom. The molecule has 7 heteroatoms. The summed E-state index contributed by atoms with van der Waals surface area (Å²) in [6.45, 7) is 1.65. The molecule has 0 aromatic heterocycles. The minimum Gasteiger partial charge on any atom is -0.376 e. The highest BCUT2D eigenvalue weighted by atomic mass is 16.2. The molecule has 2 aromatic rings. The number of nitrogens with zero attached hydrogens (tertiary/aromatic N) is 2. The van der Waals surface area contributed by atoms with Crippen LogP contribution in [0.5, 0.6) is 0 Å². The lowest BCUT2D eigenvalue weighted by atomic mass is 10.1. The Balaban J connectivity index is 1.53. The van der Waals surface area contributed by atoms with Crippen molar-refractivity contribution in [2.45, 2.75) is 19.3 Å². The van der Waals surface area contributed by atoms with Gasteiger partial charge >= 0.3 is 0 Å². The van der Waals surface area contributed by atoms with Crippen molar-refractivity contribution >= 4 is 29.1 Å². The standard InChI is InChI=1S/C23H28N4O3/c1-26(2)22(29)17-9-11-19(12-10-17)24-16-21(28)25-20-8-6-7-18(15-20)23(30)27-13-4-3-5-14-27/h6-12,15,24H,3-5,13-14,16H2,1-2H3,(H,25,28). The third-order valence-electron chi connectivity index (χ3n) is 5.03. The van der Waals surface area contributed by atoms with Crippen molar-refractivity contribution in [3.8, 4) is 0 Å². The summed E-state index contributed by atoms with van der Waals surface area (Å²) in [5.74, 6) is -0.277. The molecular formula is C23H28N4O3. The highest BCUT2D eigenvalue weighted by molar-refractivity contribution is 5.98. The SMILES string of the molecule is CN(C)C(=O)c1ccc(NCC(=O)Nc2cccc(C(=O)N3CCCCC3)c2)cc1. The zero-order chi connectivity index (χ0) is 21.5. The van der Waals surface area contributed by atoms with E-state index in [1.807, 2.05) is 4.90 Å². The Morgan fingerprint density at radius 2 is 1.60 bits per heavy atom. The van der Waals surface area contributed by atoms with Crippen molar-refractivity contribution in [3.63, 3.8) is 0 Å². The average Bonchev–Trinajstić information content (AvgIpc) is 2.77. The maximum Gasteiger partial charge on any atom is 0.253 e. The van der Waals surface area contributed by atoms with Gasteiger partial charge in [0.2, 0.25) is 5.91 Å². The third-order valence-corrected chi connectivity index (χ3v) is 5.03. The topological polar surface area (TPSA) is 81.8 Å². The Bertz CT molecular complexity index is 903. The molecule has 0 radical (unpaired) electrons. The quantitative estimate of drug-likeness (QED) is 0.770. The summed E-state index contributed by atoms with van der Waals surface area (Å²) in [7, 11) is 3.40. The molecule has 0 aliphatic carbocycles. The predicted molar refractivity (Wildman–Crippen MR) is 118 cm³/mol. The lowest BCUT2D eigenvalue weighted by molar-refractivity contribution is -0.114. The van der Waals surface area contributed by atoms with Gasteiger partial charge in [-0.3, -0.25) is 14.4 Å². The van der Waals surface area contributed by atoms with Crippen LogP contribution in [0.1, 0.15) is 40.0 Å². The van der Waals surface area contributed by atoms with Crippen molar-refractivity contribution in [2.24, 2.45) is 0 Å². The molecule has 2 N–H and O–H groups in total. The van der Waals surface area contributed by atoms with Gasteiger partial charge in [-0.2, -0.15) is 0 Å². The van der Waals surface area contributed by atoms with E-state index in [1.54, 1.807) is 62.6 Å². The monoisotopic (exact) mass is 408 g/mol. The summed E-state index contributed by atoms with van der Waals surface area (Å²) in [6, 6.07) is 14.0. The lowest BCUT2D eigenvalue weighted by Gasteiger charge is -2.26.